The average Bonchev–Trinajstić information content (AvgIpc) is 2.84. The molecule has 0 saturated carbocycles. The second-order valence-corrected chi connectivity index (χ2v) is 8.83. The molecule has 0 aromatic heterocycles. The molecule has 1 unspecified atom stereocenters. The van der Waals surface area contributed by atoms with Crippen LogP contribution < -0.4 is 4.74 Å². The van der Waals surface area contributed by atoms with Gasteiger partial charge in [-0.25, -0.2) is 0 Å². The van der Waals surface area contributed by atoms with E-state index in [2.05, 4.69) is 70.5 Å². The van der Waals surface area contributed by atoms with Crippen molar-refractivity contribution in [1.82, 2.24) is 9.80 Å². The summed E-state index contributed by atoms with van der Waals surface area (Å²) in [6.45, 7) is 5.82. The number of piperazine rings is 1. The minimum atomic E-state index is -0.515. The Kier molecular flexibility index (Phi) is 8.18. The molecule has 3 aromatic carbocycles. The fourth-order valence-corrected chi connectivity index (χ4v) is 4.39. The molecule has 168 valence electrons. The van der Waals surface area contributed by atoms with Crippen molar-refractivity contribution < 1.29 is 9.84 Å². The molecular weight excluding hydrogens is 420 g/mol. The van der Waals surface area contributed by atoms with Gasteiger partial charge in [-0.3, -0.25) is 9.80 Å². The minimum absolute atomic E-state index is 0.284. The van der Waals surface area contributed by atoms with Gasteiger partial charge in [0.05, 0.1) is 0 Å². The Morgan fingerprint density at radius 1 is 0.719 bits per heavy atom. The number of hydrogen-bond acceptors (Lipinski definition) is 4. The largest absolute Gasteiger partial charge is 0.491 e. The number of halogens is 1. The molecule has 32 heavy (non-hydrogen) atoms. The summed E-state index contributed by atoms with van der Waals surface area (Å²) in [5.41, 5.74) is 2.71. The van der Waals surface area contributed by atoms with E-state index in [1.54, 1.807) is 12.1 Å². The van der Waals surface area contributed by atoms with Crippen molar-refractivity contribution in [3.8, 4) is 5.75 Å². The summed E-state index contributed by atoms with van der Waals surface area (Å²) < 4.78 is 5.69. The molecular formula is C27H31ClN2O2. The molecule has 0 amide bonds. The molecule has 0 bridgehead atoms. The van der Waals surface area contributed by atoms with Crippen LogP contribution in [0.5, 0.6) is 5.75 Å². The van der Waals surface area contributed by atoms with Crippen LogP contribution in [0.3, 0.4) is 0 Å². The fraction of sp³-hybridized carbons (Fsp3) is 0.333. The standard InChI is InChI=1S/C27H31ClN2O2/c28-24-11-13-26(14-12-24)32-21-25(31)19-29-15-17-30(18-16-29)20-27(22-7-3-1-4-8-22)23-9-5-2-6-10-23/h1-14,25,27,31H,15-21H2. The SMILES string of the molecule is OC(COc1ccc(Cl)cc1)CN1CCN(CC(c2ccccc2)c2ccccc2)CC1. The molecule has 1 aliphatic heterocycles. The Balaban J connectivity index is 1.26. The van der Waals surface area contributed by atoms with Gasteiger partial charge in [-0.2, -0.15) is 0 Å². The summed E-state index contributed by atoms with van der Waals surface area (Å²) in [4.78, 5) is 4.87. The van der Waals surface area contributed by atoms with Gasteiger partial charge in [-0.1, -0.05) is 72.3 Å². The smallest absolute Gasteiger partial charge is 0.119 e. The van der Waals surface area contributed by atoms with Crippen molar-refractivity contribution in [2.75, 3.05) is 45.9 Å². The first kappa shape index (κ1) is 22.8. The van der Waals surface area contributed by atoms with Crippen LogP contribution in [-0.4, -0.2) is 66.9 Å². The van der Waals surface area contributed by atoms with Gasteiger partial charge in [-0.15, -0.1) is 0 Å². The molecule has 0 radical (unpaired) electrons. The van der Waals surface area contributed by atoms with E-state index >= 15 is 0 Å². The molecule has 1 aliphatic rings. The Morgan fingerprint density at radius 3 is 1.75 bits per heavy atom. The molecule has 1 heterocycles. The predicted molar refractivity (Wildman–Crippen MR) is 131 cm³/mol. The van der Waals surface area contributed by atoms with Crippen LogP contribution in [0.1, 0.15) is 17.0 Å². The fourth-order valence-electron chi connectivity index (χ4n) is 4.26. The van der Waals surface area contributed by atoms with Gasteiger partial charge in [0.1, 0.15) is 18.5 Å². The highest BCUT2D eigenvalue weighted by atomic mass is 35.5. The normalized spacial score (nSPS) is 16.2. The maximum absolute atomic E-state index is 10.4. The number of rotatable bonds is 9. The quantitative estimate of drug-likeness (QED) is 0.519. The van der Waals surface area contributed by atoms with Crippen LogP contribution in [-0.2, 0) is 0 Å². The highest BCUT2D eigenvalue weighted by Crippen LogP contribution is 2.26. The number of nitrogens with zero attached hydrogens (tertiary/aromatic N) is 2. The van der Waals surface area contributed by atoms with Crippen molar-refractivity contribution in [1.29, 1.82) is 0 Å². The van der Waals surface area contributed by atoms with E-state index in [4.69, 9.17) is 16.3 Å². The lowest BCUT2D eigenvalue weighted by atomic mass is 9.90. The highest BCUT2D eigenvalue weighted by molar-refractivity contribution is 6.30. The van der Waals surface area contributed by atoms with Gasteiger partial charge in [0.15, 0.2) is 0 Å². The van der Waals surface area contributed by atoms with Crippen LogP contribution in [0.4, 0.5) is 0 Å². The summed E-state index contributed by atoms with van der Waals surface area (Å²) >= 11 is 5.90. The maximum Gasteiger partial charge on any atom is 0.119 e. The van der Waals surface area contributed by atoms with E-state index in [-0.39, 0.29) is 6.61 Å². The predicted octanol–water partition coefficient (Wildman–Crippen LogP) is 4.53. The summed E-state index contributed by atoms with van der Waals surface area (Å²) in [6, 6.07) is 28.8. The van der Waals surface area contributed by atoms with E-state index in [1.807, 2.05) is 12.1 Å². The Hall–Kier alpha value is -2.37. The third-order valence-electron chi connectivity index (χ3n) is 6.03. The van der Waals surface area contributed by atoms with Gasteiger partial charge in [-0.05, 0) is 35.4 Å². The van der Waals surface area contributed by atoms with Crippen LogP contribution in [0.25, 0.3) is 0 Å². The van der Waals surface area contributed by atoms with Crippen molar-refractivity contribution >= 4 is 11.6 Å². The minimum Gasteiger partial charge on any atom is -0.491 e. The van der Waals surface area contributed by atoms with Gasteiger partial charge in [0.2, 0.25) is 0 Å². The summed E-state index contributed by atoms with van der Waals surface area (Å²) in [6.07, 6.45) is -0.515. The lowest BCUT2D eigenvalue weighted by Gasteiger charge is -2.37. The Morgan fingerprint density at radius 2 is 1.22 bits per heavy atom. The molecule has 0 aliphatic carbocycles. The van der Waals surface area contributed by atoms with E-state index in [0.717, 1.165) is 38.5 Å². The Labute approximate surface area is 196 Å². The third kappa shape index (κ3) is 6.57. The van der Waals surface area contributed by atoms with Crippen molar-refractivity contribution in [2.24, 2.45) is 0 Å². The summed E-state index contributed by atoms with van der Waals surface area (Å²) in [7, 11) is 0. The van der Waals surface area contributed by atoms with Gasteiger partial charge in [0, 0.05) is 50.2 Å². The molecule has 5 heteroatoms. The molecule has 4 rings (SSSR count). The Bertz CT molecular complexity index is 889. The maximum atomic E-state index is 10.4. The molecule has 1 N–H and O–H groups in total. The summed E-state index contributed by atoms with van der Waals surface area (Å²) in [5, 5.41) is 11.1. The average molecular weight is 451 g/mol. The number of aliphatic hydroxyl groups is 1. The third-order valence-corrected chi connectivity index (χ3v) is 6.29. The number of benzene rings is 3. The van der Waals surface area contributed by atoms with E-state index in [9.17, 15) is 5.11 Å². The number of ether oxygens (including phenoxy) is 1. The first-order chi connectivity index (χ1) is 15.7. The molecule has 1 saturated heterocycles. The van der Waals surface area contributed by atoms with Crippen LogP contribution >= 0.6 is 11.6 Å². The zero-order valence-electron chi connectivity index (χ0n) is 18.3. The zero-order chi connectivity index (χ0) is 22.2. The van der Waals surface area contributed by atoms with Crippen LogP contribution in [0, 0.1) is 0 Å². The monoisotopic (exact) mass is 450 g/mol. The zero-order valence-corrected chi connectivity index (χ0v) is 19.1. The molecule has 4 nitrogen and oxygen atoms in total. The molecule has 0 spiro atoms. The van der Waals surface area contributed by atoms with Gasteiger partial charge >= 0.3 is 0 Å². The first-order valence-electron chi connectivity index (χ1n) is 11.3. The lowest BCUT2D eigenvalue weighted by molar-refractivity contribution is 0.0455. The molecule has 1 atom stereocenters. The van der Waals surface area contributed by atoms with E-state index < -0.39 is 6.10 Å². The van der Waals surface area contributed by atoms with E-state index in [0.29, 0.717) is 17.5 Å². The molecule has 1 fully saturated rings. The summed E-state index contributed by atoms with van der Waals surface area (Å²) in [5.74, 6) is 1.09. The first-order valence-corrected chi connectivity index (χ1v) is 11.7. The number of aliphatic hydroxyl groups excluding tert-OH is 1. The number of β-amino-alcohol motifs (C(OH)–C–C–N with tert-alkyl or cyclic N) is 1. The van der Waals surface area contributed by atoms with Crippen molar-refractivity contribution in [2.45, 2.75) is 12.0 Å². The van der Waals surface area contributed by atoms with Gasteiger partial charge < -0.3 is 9.84 Å². The topological polar surface area (TPSA) is 35.9 Å². The number of hydrogen-bond donors (Lipinski definition) is 1. The van der Waals surface area contributed by atoms with Crippen molar-refractivity contribution in [3.05, 3.63) is 101 Å². The van der Waals surface area contributed by atoms with E-state index in [1.165, 1.54) is 11.1 Å². The second kappa shape index (κ2) is 11.5. The van der Waals surface area contributed by atoms with Gasteiger partial charge in [0.25, 0.3) is 0 Å². The highest BCUT2D eigenvalue weighted by Gasteiger charge is 2.23. The van der Waals surface area contributed by atoms with Crippen LogP contribution in [0.2, 0.25) is 5.02 Å². The second-order valence-electron chi connectivity index (χ2n) is 8.39. The lowest BCUT2D eigenvalue weighted by Crippen LogP contribution is -2.50. The molecule has 3 aromatic rings. The van der Waals surface area contributed by atoms with Crippen molar-refractivity contribution in [3.63, 3.8) is 0 Å². The van der Waals surface area contributed by atoms with Crippen LogP contribution in [0.15, 0.2) is 84.9 Å².